The van der Waals surface area contributed by atoms with Gasteiger partial charge in [0.05, 0.1) is 0 Å². The maximum Gasteiger partial charge on any atom is 0.235 e. The molecule has 2 aromatic rings. The lowest BCUT2D eigenvalue weighted by atomic mass is 10.3. The van der Waals surface area contributed by atoms with Crippen LogP contribution in [0.4, 0.5) is 11.6 Å². The van der Waals surface area contributed by atoms with Crippen molar-refractivity contribution in [2.24, 2.45) is 0 Å². The highest BCUT2D eigenvalue weighted by Crippen LogP contribution is 2.25. The lowest BCUT2D eigenvalue weighted by Gasteiger charge is -2.39. The quantitative estimate of drug-likeness (QED) is 0.767. The van der Waals surface area contributed by atoms with Crippen molar-refractivity contribution in [3.63, 3.8) is 0 Å². The summed E-state index contributed by atoms with van der Waals surface area (Å²) in [6.45, 7) is 0. The zero-order valence-corrected chi connectivity index (χ0v) is 12.3. The van der Waals surface area contributed by atoms with Crippen molar-refractivity contribution in [2.45, 2.75) is 6.29 Å². The second-order valence-electron chi connectivity index (χ2n) is 4.92. The van der Waals surface area contributed by atoms with Crippen LogP contribution in [-0.4, -0.2) is 59.2 Å². The van der Waals surface area contributed by atoms with Crippen LogP contribution < -0.4 is 4.90 Å². The van der Waals surface area contributed by atoms with Crippen LogP contribution in [0.1, 0.15) is 0 Å². The highest BCUT2D eigenvalue weighted by atomic mass is 15.5. The third-order valence-corrected chi connectivity index (χ3v) is 2.88. The number of para-hydroxylation sites is 1. The van der Waals surface area contributed by atoms with Gasteiger partial charge in [0, 0.05) is 5.69 Å². The van der Waals surface area contributed by atoms with Gasteiger partial charge in [0.1, 0.15) is 18.9 Å². The molecule has 0 unspecified atom stereocenters. The van der Waals surface area contributed by atoms with E-state index in [1.165, 1.54) is 12.7 Å². The minimum atomic E-state index is -0.000185. The van der Waals surface area contributed by atoms with Crippen LogP contribution in [0.3, 0.4) is 0 Å². The van der Waals surface area contributed by atoms with Crippen molar-refractivity contribution in [2.75, 3.05) is 33.1 Å². The van der Waals surface area contributed by atoms with Crippen LogP contribution in [0.25, 0.3) is 0 Å². The summed E-state index contributed by atoms with van der Waals surface area (Å²) in [6, 6.07) is 10.1. The van der Waals surface area contributed by atoms with E-state index in [2.05, 4.69) is 29.7 Å². The van der Waals surface area contributed by atoms with Crippen molar-refractivity contribution in [3.05, 3.63) is 43.0 Å². The number of hydrogen-bond acceptors (Lipinski definition) is 6. The first kappa shape index (κ1) is 14.4. The monoisotopic (exact) mass is 272 g/mol. The molecule has 106 valence electrons. The zero-order valence-electron chi connectivity index (χ0n) is 12.3. The molecule has 0 radical (unpaired) electrons. The summed E-state index contributed by atoms with van der Waals surface area (Å²) in [5, 5.41) is 0. The van der Waals surface area contributed by atoms with Gasteiger partial charge >= 0.3 is 0 Å². The molecule has 0 spiro atoms. The van der Waals surface area contributed by atoms with Gasteiger partial charge in [0.15, 0.2) is 0 Å². The van der Waals surface area contributed by atoms with E-state index in [9.17, 15) is 0 Å². The van der Waals surface area contributed by atoms with E-state index in [-0.39, 0.29) is 6.29 Å². The van der Waals surface area contributed by atoms with Gasteiger partial charge in [-0.15, -0.1) is 0 Å². The molecule has 1 aromatic heterocycles. The molecule has 0 aliphatic rings. The number of nitrogens with zero attached hydrogens (tertiary/aromatic N) is 6. The lowest BCUT2D eigenvalue weighted by molar-refractivity contribution is 0.133. The van der Waals surface area contributed by atoms with Crippen molar-refractivity contribution in [3.8, 4) is 0 Å². The average Bonchev–Trinajstić information content (AvgIpc) is 2.45. The van der Waals surface area contributed by atoms with Crippen LogP contribution in [0, 0.1) is 0 Å². The molecule has 1 heterocycles. The molecule has 6 nitrogen and oxygen atoms in total. The van der Waals surface area contributed by atoms with E-state index >= 15 is 0 Å². The van der Waals surface area contributed by atoms with Gasteiger partial charge in [-0.2, -0.15) is 0 Å². The predicted octanol–water partition coefficient (Wildman–Crippen LogP) is 1.42. The van der Waals surface area contributed by atoms with Crippen LogP contribution >= 0.6 is 0 Å². The van der Waals surface area contributed by atoms with Gasteiger partial charge in [-0.3, -0.25) is 14.7 Å². The fourth-order valence-corrected chi connectivity index (χ4v) is 2.22. The fourth-order valence-electron chi connectivity index (χ4n) is 2.22. The first-order chi connectivity index (χ1) is 9.61. The molecule has 0 fully saturated rings. The average molecular weight is 272 g/mol. The molecule has 1 aromatic carbocycles. The Bertz CT molecular complexity index is 466. The predicted molar refractivity (Wildman–Crippen MR) is 79.6 cm³/mol. The molecule has 20 heavy (non-hydrogen) atoms. The van der Waals surface area contributed by atoms with Crippen molar-refractivity contribution in [1.29, 1.82) is 0 Å². The van der Waals surface area contributed by atoms with E-state index in [0.29, 0.717) is 5.95 Å². The third-order valence-electron chi connectivity index (χ3n) is 2.88. The van der Waals surface area contributed by atoms with Gasteiger partial charge in [-0.1, -0.05) is 18.2 Å². The van der Waals surface area contributed by atoms with Crippen LogP contribution in [-0.2, 0) is 0 Å². The molecule has 2 rings (SSSR count). The van der Waals surface area contributed by atoms with Gasteiger partial charge in [0.2, 0.25) is 5.95 Å². The molecule has 0 atom stereocenters. The number of anilines is 2. The first-order valence-corrected chi connectivity index (χ1v) is 6.40. The topological polar surface area (TPSA) is 48.4 Å². The number of benzene rings is 1. The van der Waals surface area contributed by atoms with E-state index in [1.54, 1.807) is 0 Å². The molecular formula is C14H20N6. The number of hydrogen-bond donors (Lipinski definition) is 0. The molecule has 0 saturated heterocycles. The fraction of sp³-hybridized carbons (Fsp3) is 0.357. The van der Waals surface area contributed by atoms with Gasteiger partial charge in [0.25, 0.3) is 0 Å². The van der Waals surface area contributed by atoms with Crippen LogP contribution in [0.5, 0.6) is 0 Å². The Hall–Kier alpha value is -2.05. The molecule has 0 aliphatic heterocycles. The standard InChI is InChI=1S/C14H20N6/c1-18(2)14(19(3)4)20(12-8-6-5-7-9-12)13-16-10-15-11-17-13/h5-11,14H,1-4H3. The van der Waals surface area contributed by atoms with Gasteiger partial charge in [-0.05, 0) is 40.3 Å². The van der Waals surface area contributed by atoms with Gasteiger partial charge < -0.3 is 0 Å². The minimum Gasteiger partial charge on any atom is -0.281 e. The number of rotatable bonds is 5. The molecule has 6 heteroatoms. The van der Waals surface area contributed by atoms with Gasteiger partial charge in [-0.25, -0.2) is 15.0 Å². The highest BCUT2D eigenvalue weighted by molar-refractivity contribution is 5.57. The van der Waals surface area contributed by atoms with E-state index in [4.69, 9.17) is 0 Å². The second kappa shape index (κ2) is 6.40. The Kier molecular flexibility index (Phi) is 4.60. The van der Waals surface area contributed by atoms with E-state index in [1.807, 2.05) is 58.5 Å². The Morgan fingerprint density at radius 2 is 1.40 bits per heavy atom. The minimum absolute atomic E-state index is 0.000185. The third kappa shape index (κ3) is 3.09. The van der Waals surface area contributed by atoms with E-state index in [0.717, 1.165) is 5.69 Å². The highest BCUT2D eigenvalue weighted by Gasteiger charge is 2.26. The number of aromatic nitrogens is 3. The summed E-state index contributed by atoms with van der Waals surface area (Å²) in [5.41, 5.74) is 1.03. The molecule has 0 bridgehead atoms. The maximum atomic E-state index is 4.29. The van der Waals surface area contributed by atoms with Crippen LogP contribution in [0.15, 0.2) is 43.0 Å². The normalized spacial score (nSPS) is 11.3. The summed E-state index contributed by atoms with van der Waals surface area (Å²) in [6.07, 6.45) is 3.03. The molecule has 0 amide bonds. The Labute approximate surface area is 119 Å². The summed E-state index contributed by atoms with van der Waals surface area (Å²) < 4.78 is 0. The summed E-state index contributed by atoms with van der Waals surface area (Å²) >= 11 is 0. The largest absolute Gasteiger partial charge is 0.281 e. The smallest absolute Gasteiger partial charge is 0.235 e. The van der Waals surface area contributed by atoms with Crippen molar-refractivity contribution >= 4 is 11.6 Å². The zero-order chi connectivity index (χ0) is 14.5. The Balaban J connectivity index is 2.49. The van der Waals surface area contributed by atoms with Crippen molar-refractivity contribution < 1.29 is 0 Å². The SMILES string of the molecule is CN(C)C(N(C)C)N(c1ccccc1)c1ncncn1. The summed E-state index contributed by atoms with van der Waals surface area (Å²) in [4.78, 5) is 18.8. The van der Waals surface area contributed by atoms with E-state index < -0.39 is 0 Å². The van der Waals surface area contributed by atoms with Crippen LogP contribution in [0.2, 0.25) is 0 Å². The Morgan fingerprint density at radius 3 is 1.90 bits per heavy atom. The lowest BCUT2D eigenvalue weighted by Crippen LogP contribution is -2.52. The molecular weight excluding hydrogens is 252 g/mol. The maximum absolute atomic E-state index is 4.29. The second-order valence-corrected chi connectivity index (χ2v) is 4.92. The summed E-state index contributed by atoms with van der Waals surface area (Å²) in [5.74, 6) is 0.624. The molecule has 0 N–H and O–H groups in total. The summed E-state index contributed by atoms with van der Waals surface area (Å²) in [7, 11) is 8.12. The molecule has 0 saturated carbocycles. The first-order valence-electron chi connectivity index (χ1n) is 6.40. The van der Waals surface area contributed by atoms with Crippen molar-refractivity contribution in [1.82, 2.24) is 24.8 Å². The Morgan fingerprint density at radius 1 is 0.850 bits per heavy atom. The molecule has 0 aliphatic carbocycles.